The average molecular weight is 577 g/mol. The van der Waals surface area contributed by atoms with Crippen molar-refractivity contribution >= 4 is 34.9 Å². The van der Waals surface area contributed by atoms with Crippen LogP contribution in [0.1, 0.15) is 70.5 Å². The molecule has 2 aromatic carbocycles. The van der Waals surface area contributed by atoms with Crippen molar-refractivity contribution in [1.82, 2.24) is 9.99 Å². The summed E-state index contributed by atoms with van der Waals surface area (Å²) in [6.07, 6.45) is 4.89. The predicted molar refractivity (Wildman–Crippen MR) is 159 cm³/mol. The minimum absolute atomic E-state index is 0.179. The number of thiazole rings is 1. The lowest BCUT2D eigenvalue weighted by Gasteiger charge is -2.35. The van der Waals surface area contributed by atoms with E-state index in [-0.39, 0.29) is 18.1 Å². The van der Waals surface area contributed by atoms with Crippen molar-refractivity contribution in [1.29, 1.82) is 0 Å². The first-order valence-corrected chi connectivity index (χ1v) is 14.9. The van der Waals surface area contributed by atoms with Crippen molar-refractivity contribution in [2.24, 2.45) is 5.10 Å². The molecule has 41 heavy (non-hydrogen) atoms. The fourth-order valence-corrected chi connectivity index (χ4v) is 6.06. The molecule has 2 heterocycles. The highest BCUT2D eigenvalue weighted by atomic mass is 32.1. The minimum Gasteiger partial charge on any atom is -0.493 e. The number of nitrogens with one attached hydrogen (secondary N) is 1. The Kier molecular flexibility index (Phi) is 8.99. The summed E-state index contributed by atoms with van der Waals surface area (Å²) in [5.41, 5.74) is 3.92. The van der Waals surface area contributed by atoms with E-state index in [0.717, 1.165) is 46.7 Å². The van der Waals surface area contributed by atoms with Gasteiger partial charge in [-0.1, -0.05) is 19.1 Å². The van der Waals surface area contributed by atoms with Gasteiger partial charge in [0.25, 0.3) is 5.91 Å². The zero-order valence-electron chi connectivity index (χ0n) is 23.9. The van der Waals surface area contributed by atoms with Gasteiger partial charge in [0, 0.05) is 11.3 Å². The second kappa shape index (κ2) is 12.8. The second-order valence-electron chi connectivity index (χ2n) is 10.3. The maximum Gasteiger partial charge on any atom is 0.267 e. The normalized spacial score (nSPS) is 19.1. The third kappa shape index (κ3) is 6.60. The van der Waals surface area contributed by atoms with Crippen LogP contribution in [-0.4, -0.2) is 53.4 Å². The van der Waals surface area contributed by atoms with Gasteiger partial charge in [0.15, 0.2) is 17.8 Å². The number of carbonyl (C=O) groups is 2. The molecule has 1 fully saturated rings. The van der Waals surface area contributed by atoms with Crippen LogP contribution in [-0.2, 0) is 16.1 Å². The van der Waals surface area contributed by atoms with Crippen molar-refractivity contribution in [3.8, 4) is 11.5 Å². The van der Waals surface area contributed by atoms with E-state index in [4.69, 9.17) is 19.3 Å². The number of methoxy groups -OCH3 is 1. The number of nitrogens with zero attached hydrogens (tertiary/aromatic N) is 3. The first-order valence-electron chi connectivity index (χ1n) is 14.0. The van der Waals surface area contributed by atoms with Gasteiger partial charge in [-0.05, 0) is 81.8 Å². The van der Waals surface area contributed by atoms with Gasteiger partial charge in [0.1, 0.15) is 11.0 Å². The number of aromatic nitrogens is 1. The lowest BCUT2D eigenvalue weighted by atomic mass is 10.0. The highest BCUT2D eigenvalue weighted by molar-refractivity contribution is 7.13. The molecule has 0 spiro atoms. The topological polar surface area (TPSA) is 102 Å². The summed E-state index contributed by atoms with van der Waals surface area (Å²) in [6, 6.07) is 13.3. The standard InChI is InChI=1S/C31H36N4O5S/c1-5-25-29(22-12-15-26(38-4)27(16-22)39-24-8-6-7-9-24)34-35(28(18-36)40-25)17-21-10-13-23(14-11-21)33-31(37)30-19(2)32-20(3)41-30/h10-16,18,24-25,28H,5-9,17H2,1-4H3,(H,33,37). The largest absolute Gasteiger partial charge is 0.493 e. The number of aldehydes is 1. The van der Waals surface area contributed by atoms with Crippen molar-refractivity contribution in [3.63, 3.8) is 0 Å². The molecule has 1 amide bonds. The van der Waals surface area contributed by atoms with Gasteiger partial charge in [0.2, 0.25) is 6.23 Å². The Hall–Kier alpha value is -3.76. The fraction of sp³-hybridized carbons (Fsp3) is 0.419. The van der Waals surface area contributed by atoms with Crippen LogP contribution in [0.15, 0.2) is 47.6 Å². The van der Waals surface area contributed by atoms with Crippen LogP contribution in [0.2, 0.25) is 0 Å². The Morgan fingerprint density at radius 2 is 1.90 bits per heavy atom. The number of benzene rings is 2. The molecule has 1 aliphatic carbocycles. The lowest BCUT2D eigenvalue weighted by Crippen LogP contribution is -2.45. The van der Waals surface area contributed by atoms with Gasteiger partial charge >= 0.3 is 0 Å². The SMILES string of the molecule is CCC1OC(C=O)N(Cc2ccc(NC(=O)c3sc(C)nc3C)cc2)N=C1c1ccc(OC)c(OC2CCCC2)c1. The van der Waals surface area contributed by atoms with Gasteiger partial charge in [-0.2, -0.15) is 5.10 Å². The van der Waals surface area contributed by atoms with E-state index < -0.39 is 6.23 Å². The molecule has 2 unspecified atom stereocenters. The molecule has 0 saturated heterocycles. The fourth-order valence-electron chi connectivity index (χ4n) is 5.25. The summed E-state index contributed by atoms with van der Waals surface area (Å²) in [4.78, 5) is 29.6. The monoisotopic (exact) mass is 576 g/mol. The van der Waals surface area contributed by atoms with Crippen LogP contribution in [0.5, 0.6) is 11.5 Å². The first-order chi connectivity index (χ1) is 19.9. The van der Waals surface area contributed by atoms with Gasteiger partial charge in [-0.15, -0.1) is 11.3 Å². The van der Waals surface area contributed by atoms with Crippen LogP contribution in [0.25, 0.3) is 0 Å². The molecule has 9 nitrogen and oxygen atoms in total. The van der Waals surface area contributed by atoms with E-state index in [9.17, 15) is 9.59 Å². The number of aryl methyl sites for hydroxylation is 2. The Morgan fingerprint density at radius 1 is 1.15 bits per heavy atom. The van der Waals surface area contributed by atoms with Gasteiger partial charge in [0.05, 0.1) is 36.2 Å². The predicted octanol–water partition coefficient (Wildman–Crippen LogP) is 5.88. The lowest BCUT2D eigenvalue weighted by molar-refractivity contribution is -0.139. The molecule has 1 aromatic heterocycles. The highest BCUT2D eigenvalue weighted by Crippen LogP contribution is 2.34. The Balaban J connectivity index is 1.35. The summed E-state index contributed by atoms with van der Waals surface area (Å²) in [7, 11) is 1.64. The quantitative estimate of drug-likeness (QED) is 0.301. The first kappa shape index (κ1) is 28.8. The van der Waals surface area contributed by atoms with E-state index in [1.807, 2.05) is 63.2 Å². The van der Waals surface area contributed by atoms with Gasteiger partial charge in [-0.3, -0.25) is 14.6 Å². The van der Waals surface area contributed by atoms with Crippen LogP contribution in [0.4, 0.5) is 5.69 Å². The molecule has 3 aromatic rings. The van der Waals surface area contributed by atoms with E-state index in [2.05, 4.69) is 10.3 Å². The third-order valence-electron chi connectivity index (χ3n) is 7.35. The number of rotatable bonds is 10. The molecular weight excluding hydrogens is 540 g/mol. The summed E-state index contributed by atoms with van der Waals surface area (Å²) in [5.74, 6) is 1.20. The van der Waals surface area contributed by atoms with E-state index in [1.54, 1.807) is 12.1 Å². The average Bonchev–Trinajstić information content (AvgIpc) is 3.62. The molecular formula is C31H36N4O5S. The molecule has 5 rings (SSSR count). The van der Waals surface area contributed by atoms with Crippen molar-refractivity contribution in [2.75, 3.05) is 12.4 Å². The van der Waals surface area contributed by atoms with E-state index in [0.29, 0.717) is 35.0 Å². The third-order valence-corrected chi connectivity index (χ3v) is 8.42. The Labute approximate surface area is 244 Å². The number of hydrogen-bond acceptors (Lipinski definition) is 9. The number of hydrazone groups is 1. The second-order valence-corrected chi connectivity index (χ2v) is 11.5. The molecule has 2 aliphatic rings. The van der Waals surface area contributed by atoms with Crippen molar-refractivity contribution in [2.45, 2.75) is 77.9 Å². The van der Waals surface area contributed by atoms with Gasteiger partial charge < -0.3 is 19.5 Å². The zero-order chi connectivity index (χ0) is 28.9. The van der Waals surface area contributed by atoms with Crippen molar-refractivity contribution < 1.29 is 23.8 Å². The van der Waals surface area contributed by atoms with E-state index >= 15 is 0 Å². The van der Waals surface area contributed by atoms with Crippen molar-refractivity contribution in [3.05, 3.63) is 69.2 Å². The zero-order valence-corrected chi connectivity index (χ0v) is 24.7. The maximum atomic E-state index is 12.7. The number of hydrogen-bond donors (Lipinski definition) is 1. The molecule has 0 bridgehead atoms. The van der Waals surface area contributed by atoms with Crippen LogP contribution in [0.3, 0.4) is 0 Å². The molecule has 2 atom stereocenters. The summed E-state index contributed by atoms with van der Waals surface area (Å²) >= 11 is 1.38. The Morgan fingerprint density at radius 3 is 2.54 bits per heavy atom. The Bertz CT molecular complexity index is 1410. The highest BCUT2D eigenvalue weighted by Gasteiger charge is 2.32. The summed E-state index contributed by atoms with van der Waals surface area (Å²) in [6.45, 7) is 6.08. The van der Waals surface area contributed by atoms with E-state index in [1.165, 1.54) is 24.2 Å². The molecule has 1 N–H and O–H groups in total. The number of anilines is 1. The van der Waals surface area contributed by atoms with Crippen LogP contribution < -0.4 is 14.8 Å². The minimum atomic E-state index is -0.812. The van der Waals surface area contributed by atoms with Gasteiger partial charge in [-0.25, -0.2) is 4.98 Å². The number of ether oxygens (including phenoxy) is 3. The number of carbonyl (C=O) groups excluding carboxylic acids is 2. The smallest absolute Gasteiger partial charge is 0.267 e. The number of amides is 1. The maximum absolute atomic E-state index is 12.7. The van der Waals surface area contributed by atoms with Crippen LogP contribution >= 0.6 is 11.3 Å². The molecule has 1 saturated carbocycles. The summed E-state index contributed by atoms with van der Waals surface area (Å²) in [5, 5.41) is 10.4. The molecule has 0 radical (unpaired) electrons. The van der Waals surface area contributed by atoms with Crippen LogP contribution in [0, 0.1) is 13.8 Å². The molecule has 10 heteroatoms. The molecule has 216 valence electrons. The summed E-state index contributed by atoms with van der Waals surface area (Å²) < 4.78 is 18.1. The molecule has 1 aliphatic heterocycles.